The Bertz CT molecular complexity index is 278. The van der Waals surface area contributed by atoms with Crippen LogP contribution in [0.5, 0.6) is 0 Å². The molecule has 3 nitrogen and oxygen atoms in total. The lowest BCUT2D eigenvalue weighted by molar-refractivity contribution is 0.0739. The molecule has 1 aliphatic heterocycles. The second kappa shape index (κ2) is 3.89. The molecule has 0 atom stereocenters. The number of rotatable bonds is 1. The van der Waals surface area contributed by atoms with Gasteiger partial charge < -0.3 is 4.90 Å². The van der Waals surface area contributed by atoms with Gasteiger partial charge in [-0.05, 0) is 11.4 Å². The van der Waals surface area contributed by atoms with Crippen LogP contribution >= 0.6 is 11.3 Å². The molecule has 0 saturated carbocycles. The fourth-order valence-corrected chi connectivity index (χ4v) is 2.06. The van der Waals surface area contributed by atoms with E-state index in [0.717, 1.165) is 31.1 Å². The van der Waals surface area contributed by atoms with E-state index in [1.807, 2.05) is 22.4 Å². The Balaban J connectivity index is 2.04. The highest BCUT2D eigenvalue weighted by Crippen LogP contribution is 2.12. The quantitative estimate of drug-likeness (QED) is 0.653. The highest BCUT2D eigenvalue weighted by molar-refractivity contribution is 7.12. The zero-order valence-corrected chi connectivity index (χ0v) is 8.09. The molecule has 0 aromatic carbocycles. The number of hydrogen-bond donors (Lipinski definition) is 0. The SMILES string of the molecule is O=C(c1cccs1)N1CC[N]CC1. The van der Waals surface area contributed by atoms with Gasteiger partial charge in [-0.25, -0.2) is 5.32 Å². The van der Waals surface area contributed by atoms with Crippen molar-refractivity contribution < 1.29 is 4.79 Å². The molecular weight excluding hydrogens is 184 g/mol. The average molecular weight is 195 g/mol. The third kappa shape index (κ3) is 1.89. The van der Waals surface area contributed by atoms with Gasteiger partial charge in [0, 0.05) is 26.2 Å². The van der Waals surface area contributed by atoms with Gasteiger partial charge in [0.1, 0.15) is 0 Å². The lowest BCUT2D eigenvalue weighted by Crippen LogP contribution is -2.43. The number of carbonyl (C=O) groups is 1. The van der Waals surface area contributed by atoms with E-state index in [1.165, 1.54) is 11.3 Å². The smallest absolute Gasteiger partial charge is 0.264 e. The standard InChI is InChI=1S/C9H11N2OS/c12-9(8-2-1-7-13-8)11-5-3-10-4-6-11/h1-2,7H,3-6H2. The molecule has 0 unspecified atom stereocenters. The minimum Gasteiger partial charge on any atom is -0.335 e. The van der Waals surface area contributed by atoms with Crippen LogP contribution in [-0.2, 0) is 0 Å². The van der Waals surface area contributed by atoms with Crippen molar-refractivity contribution >= 4 is 17.2 Å². The summed E-state index contributed by atoms with van der Waals surface area (Å²) in [6.07, 6.45) is 0. The van der Waals surface area contributed by atoms with E-state index in [9.17, 15) is 4.79 Å². The molecule has 1 radical (unpaired) electrons. The average Bonchev–Trinajstić information content (AvgIpc) is 2.71. The fourth-order valence-electron chi connectivity index (χ4n) is 1.37. The number of piperazine rings is 1. The van der Waals surface area contributed by atoms with Crippen LogP contribution in [0.25, 0.3) is 0 Å². The Morgan fingerprint density at radius 2 is 2.23 bits per heavy atom. The summed E-state index contributed by atoms with van der Waals surface area (Å²) in [5.74, 6) is 0.157. The molecule has 1 aromatic heterocycles. The van der Waals surface area contributed by atoms with Crippen LogP contribution in [-0.4, -0.2) is 37.0 Å². The Morgan fingerprint density at radius 1 is 1.46 bits per heavy atom. The first-order chi connectivity index (χ1) is 6.38. The first-order valence-corrected chi connectivity index (χ1v) is 5.22. The monoisotopic (exact) mass is 195 g/mol. The normalized spacial score (nSPS) is 17.4. The molecule has 0 spiro atoms. The third-order valence-corrected chi connectivity index (χ3v) is 2.93. The minimum absolute atomic E-state index is 0.157. The summed E-state index contributed by atoms with van der Waals surface area (Å²) in [4.78, 5) is 14.5. The molecule has 0 aliphatic carbocycles. The molecule has 1 saturated heterocycles. The molecule has 0 N–H and O–H groups in total. The summed E-state index contributed by atoms with van der Waals surface area (Å²) < 4.78 is 0. The van der Waals surface area contributed by atoms with E-state index in [-0.39, 0.29) is 5.91 Å². The predicted octanol–water partition coefficient (Wildman–Crippen LogP) is 0.808. The second-order valence-electron chi connectivity index (χ2n) is 2.94. The van der Waals surface area contributed by atoms with Crippen LogP contribution in [0.4, 0.5) is 0 Å². The van der Waals surface area contributed by atoms with Crippen LogP contribution in [0, 0.1) is 0 Å². The molecule has 2 heterocycles. The molecule has 69 valence electrons. The number of amides is 1. The van der Waals surface area contributed by atoms with Gasteiger partial charge in [-0.1, -0.05) is 6.07 Å². The molecule has 1 fully saturated rings. The van der Waals surface area contributed by atoms with Crippen molar-refractivity contribution in [3.63, 3.8) is 0 Å². The first kappa shape index (κ1) is 8.72. The van der Waals surface area contributed by atoms with Gasteiger partial charge in [-0.3, -0.25) is 4.79 Å². The Kier molecular flexibility index (Phi) is 2.61. The van der Waals surface area contributed by atoms with Crippen LogP contribution in [0.1, 0.15) is 9.67 Å². The maximum atomic E-state index is 11.8. The van der Waals surface area contributed by atoms with Crippen molar-refractivity contribution in [1.82, 2.24) is 10.2 Å². The highest BCUT2D eigenvalue weighted by Gasteiger charge is 2.18. The summed E-state index contributed by atoms with van der Waals surface area (Å²) in [5.41, 5.74) is 0. The third-order valence-electron chi connectivity index (χ3n) is 2.08. The van der Waals surface area contributed by atoms with Gasteiger partial charge in [-0.2, -0.15) is 0 Å². The summed E-state index contributed by atoms with van der Waals surface area (Å²) >= 11 is 1.50. The Morgan fingerprint density at radius 3 is 2.85 bits per heavy atom. The first-order valence-electron chi connectivity index (χ1n) is 4.34. The zero-order chi connectivity index (χ0) is 9.10. The summed E-state index contributed by atoms with van der Waals surface area (Å²) in [6, 6.07) is 3.78. The van der Waals surface area contributed by atoms with Crippen molar-refractivity contribution in [2.75, 3.05) is 26.2 Å². The summed E-state index contributed by atoms with van der Waals surface area (Å²) in [6.45, 7) is 3.13. The lowest BCUT2D eigenvalue weighted by atomic mass is 10.3. The summed E-state index contributed by atoms with van der Waals surface area (Å²) in [5, 5.41) is 6.13. The molecule has 1 aromatic rings. The maximum absolute atomic E-state index is 11.8. The van der Waals surface area contributed by atoms with Gasteiger partial charge >= 0.3 is 0 Å². The van der Waals surface area contributed by atoms with Crippen LogP contribution in [0.15, 0.2) is 17.5 Å². The van der Waals surface area contributed by atoms with Gasteiger partial charge in [0.05, 0.1) is 4.88 Å². The zero-order valence-electron chi connectivity index (χ0n) is 7.27. The number of carbonyl (C=O) groups excluding carboxylic acids is 1. The molecule has 2 rings (SSSR count). The molecule has 13 heavy (non-hydrogen) atoms. The summed E-state index contributed by atoms with van der Waals surface area (Å²) in [7, 11) is 0. The van der Waals surface area contributed by atoms with Gasteiger partial charge in [0.25, 0.3) is 5.91 Å². The van der Waals surface area contributed by atoms with Crippen molar-refractivity contribution in [2.24, 2.45) is 0 Å². The van der Waals surface area contributed by atoms with Crippen LogP contribution in [0.3, 0.4) is 0 Å². The van der Waals surface area contributed by atoms with Crippen molar-refractivity contribution in [3.8, 4) is 0 Å². The van der Waals surface area contributed by atoms with E-state index in [1.54, 1.807) is 0 Å². The van der Waals surface area contributed by atoms with Crippen LogP contribution in [0.2, 0.25) is 0 Å². The van der Waals surface area contributed by atoms with E-state index in [4.69, 9.17) is 0 Å². The largest absolute Gasteiger partial charge is 0.335 e. The number of nitrogens with zero attached hydrogens (tertiary/aromatic N) is 2. The van der Waals surface area contributed by atoms with E-state index in [2.05, 4.69) is 5.32 Å². The van der Waals surface area contributed by atoms with E-state index in [0.29, 0.717) is 0 Å². The lowest BCUT2D eigenvalue weighted by Gasteiger charge is -2.25. The van der Waals surface area contributed by atoms with E-state index < -0.39 is 0 Å². The van der Waals surface area contributed by atoms with Gasteiger partial charge in [-0.15, -0.1) is 11.3 Å². The Labute approximate surface area is 81.4 Å². The predicted molar refractivity (Wildman–Crippen MR) is 52.1 cm³/mol. The second-order valence-corrected chi connectivity index (χ2v) is 3.89. The van der Waals surface area contributed by atoms with Crippen LogP contribution < -0.4 is 5.32 Å². The van der Waals surface area contributed by atoms with Gasteiger partial charge in [0.2, 0.25) is 0 Å². The highest BCUT2D eigenvalue weighted by atomic mass is 32.1. The molecule has 4 heteroatoms. The maximum Gasteiger partial charge on any atom is 0.264 e. The fraction of sp³-hybridized carbons (Fsp3) is 0.444. The van der Waals surface area contributed by atoms with Crippen molar-refractivity contribution in [3.05, 3.63) is 22.4 Å². The van der Waals surface area contributed by atoms with Crippen molar-refractivity contribution in [1.29, 1.82) is 0 Å². The number of thiophene rings is 1. The molecule has 1 aliphatic rings. The Hall–Kier alpha value is -0.870. The molecule has 1 amide bonds. The van der Waals surface area contributed by atoms with Gasteiger partial charge in [0.15, 0.2) is 0 Å². The molecular formula is C9H11N2OS. The number of hydrogen-bond acceptors (Lipinski definition) is 2. The van der Waals surface area contributed by atoms with E-state index >= 15 is 0 Å². The minimum atomic E-state index is 0.157. The van der Waals surface area contributed by atoms with Crippen molar-refractivity contribution in [2.45, 2.75) is 0 Å². The molecule has 0 bridgehead atoms. The topological polar surface area (TPSA) is 34.4 Å².